The monoisotopic (exact) mass is 503 g/mol. The molecule has 3 rings (SSSR count). The van der Waals surface area contributed by atoms with E-state index >= 15 is 0 Å². The van der Waals surface area contributed by atoms with Crippen LogP contribution in [0.5, 0.6) is 5.75 Å². The van der Waals surface area contributed by atoms with Gasteiger partial charge in [0.15, 0.2) is 5.96 Å². The van der Waals surface area contributed by atoms with E-state index in [9.17, 15) is 0 Å². The van der Waals surface area contributed by atoms with Gasteiger partial charge < -0.3 is 24.4 Å². The third-order valence-electron chi connectivity index (χ3n) is 4.92. The number of aliphatic imine (C=N–C) groups is 1. The molecule has 0 aromatic heterocycles. The molecule has 1 aromatic rings. The molecule has 7 heteroatoms. The van der Waals surface area contributed by atoms with Crippen LogP contribution in [-0.2, 0) is 9.47 Å². The summed E-state index contributed by atoms with van der Waals surface area (Å²) >= 11 is 0. The molecule has 0 spiro atoms. The van der Waals surface area contributed by atoms with Crippen LogP contribution in [0, 0.1) is 13.8 Å². The van der Waals surface area contributed by atoms with Crippen molar-refractivity contribution in [2.24, 2.45) is 4.99 Å². The lowest BCUT2D eigenvalue weighted by Gasteiger charge is -2.37. The van der Waals surface area contributed by atoms with Gasteiger partial charge in [-0.25, -0.2) is 4.99 Å². The van der Waals surface area contributed by atoms with Crippen LogP contribution in [0.25, 0.3) is 0 Å². The fourth-order valence-corrected chi connectivity index (χ4v) is 3.75. The van der Waals surface area contributed by atoms with E-state index < -0.39 is 0 Å². The van der Waals surface area contributed by atoms with Crippen LogP contribution >= 0.6 is 24.0 Å². The second-order valence-corrected chi connectivity index (χ2v) is 7.31. The third-order valence-corrected chi connectivity index (χ3v) is 4.92. The standard InChI is InChI=1S/C21H33N3O3.HI/c1-4-22-21(23-7-10-25-18-13-16(2)12-17(3)14-18)24-8-11-27-20(15-24)19-6-5-9-26-19;/h12-14,19-20H,4-11,15H2,1-3H3,(H,22,23);1H. The molecule has 28 heavy (non-hydrogen) atoms. The summed E-state index contributed by atoms with van der Waals surface area (Å²) < 4.78 is 17.7. The Hall–Kier alpha value is -1.06. The number of nitrogens with zero attached hydrogens (tertiary/aromatic N) is 2. The Balaban J connectivity index is 0.00000280. The summed E-state index contributed by atoms with van der Waals surface area (Å²) in [5.41, 5.74) is 2.44. The van der Waals surface area contributed by atoms with Crippen LogP contribution in [0.1, 0.15) is 30.9 Å². The second kappa shape index (κ2) is 11.8. The molecule has 2 unspecified atom stereocenters. The maximum atomic E-state index is 5.95. The highest BCUT2D eigenvalue weighted by Gasteiger charge is 2.32. The van der Waals surface area contributed by atoms with Crippen LogP contribution in [0.15, 0.2) is 23.2 Å². The highest BCUT2D eigenvalue weighted by molar-refractivity contribution is 14.0. The van der Waals surface area contributed by atoms with Gasteiger partial charge in [0.2, 0.25) is 0 Å². The molecule has 158 valence electrons. The van der Waals surface area contributed by atoms with E-state index in [0.717, 1.165) is 50.8 Å². The molecule has 1 N–H and O–H groups in total. The molecule has 2 aliphatic heterocycles. The first-order chi connectivity index (χ1) is 13.2. The van der Waals surface area contributed by atoms with E-state index in [1.165, 1.54) is 11.1 Å². The van der Waals surface area contributed by atoms with Crippen molar-refractivity contribution in [3.05, 3.63) is 29.3 Å². The molecular weight excluding hydrogens is 469 g/mol. The molecule has 2 atom stereocenters. The van der Waals surface area contributed by atoms with Crippen LogP contribution in [0.3, 0.4) is 0 Å². The van der Waals surface area contributed by atoms with Crippen molar-refractivity contribution < 1.29 is 14.2 Å². The topological polar surface area (TPSA) is 55.3 Å². The minimum Gasteiger partial charge on any atom is -0.492 e. The van der Waals surface area contributed by atoms with Crippen molar-refractivity contribution >= 4 is 29.9 Å². The van der Waals surface area contributed by atoms with Gasteiger partial charge in [-0.15, -0.1) is 24.0 Å². The molecule has 1 aromatic carbocycles. The van der Waals surface area contributed by atoms with Gasteiger partial charge >= 0.3 is 0 Å². The van der Waals surface area contributed by atoms with E-state index in [1.54, 1.807) is 0 Å². The van der Waals surface area contributed by atoms with E-state index in [4.69, 9.17) is 19.2 Å². The van der Waals surface area contributed by atoms with Crippen molar-refractivity contribution in [1.82, 2.24) is 10.2 Å². The number of morpholine rings is 1. The Kier molecular flexibility index (Phi) is 9.81. The van der Waals surface area contributed by atoms with Crippen molar-refractivity contribution in [3.8, 4) is 5.75 Å². The van der Waals surface area contributed by atoms with Gasteiger partial charge in [-0.05, 0) is 56.9 Å². The average molecular weight is 503 g/mol. The zero-order chi connectivity index (χ0) is 19.1. The first-order valence-corrected chi connectivity index (χ1v) is 10.1. The molecular formula is C21H34IN3O3. The number of halogens is 1. The number of hydrogen-bond acceptors (Lipinski definition) is 4. The first-order valence-electron chi connectivity index (χ1n) is 10.1. The number of benzene rings is 1. The van der Waals surface area contributed by atoms with E-state index in [2.05, 4.69) is 49.2 Å². The van der Waals surface area contributed by atoms with Crippen LogP contribution in [-0.4, -0.2) is 69.1 Å². The molecule has 0 amide bonds. The summed E-state index contributed by atoms with van der Waals surface area (Å²) in [4.78, 5) is 7.06. The Bertz CT molecular complexity index is 615. The zero-order valence-corrected chi connectivity index (χ0v) is 19.6. The number of aryl methyl sites for hydroxylation is 2. The Labute approximate surface area is 186 Å². The minimum absolute atomic E-state index is 0. The average Bonchev–Trinajstić information content (AvgIpc) is 3.18. The van der Waals surface area contributed by atoms with E-state index in [1.807, 2.05) is 0 Å². The molecule has 2 heterocycles. The smallest absolute Gasteiger partial charge is 0.194 e. The summed E-state index contributed by atoms with van der Waals surface area (Å²) in [5.74, 6) is 1.85. The van der Waals surface area contributed by atoms with Gasteiger partial charge in [0.25, 0.3) is 0 Å². The van der Waals surface area contributed by atoms with Gasteiger partial charge in [-0.2, -0.15) is 0 Å². The van der Waals surface area contributed by atoms with Crippen LogP contribution in [0.4, 0.5) is 0 Å². The highest BCUT2D eigenvalue weighted by atomic mass is 127. The molecule has 2 saturated heterocycles. The molecule has 2 aliphatic rings. The quantitative estimate of drug-likeness (QED) is 0.280. The number of ether oxygens (including phenoxy) is 3. The second-order valence-electron chi connectivity index (χ2n) is 7.31. The SMILES string of the molecule is CCNC(=NCCOc1cc(C)cc(C)c1)N1CCOC(C2CCCO2)C1.I. The maximum Gasteiger partial charge on any atom is 0.194 e. The lowest BCUT2D eigenvalue weighted by atomic mass is 10.1. The molecule has 0 bridgehead atoms. The fourth-order valence-electron chi connectivity index (χ4n) is 3.75. The molecule has 0 saturated carbocycles. The predicted octanol–water partition coefficient (Wildman–Crippen LogP) is 3.15. The van der Waals surface area contributed by atoms with Crippen LogP contribution < -0.4 is 10.1 Å². The van der Waals surface area contributed by atoms with Crippen molar-refractivity contribution in [2.75, 3.05) is 46.0 Å². The Morgan fingerprint density at radius 1 is 1.18 bits per heavy atom. The van der Waals surface area contributed by atoms with Gasteiger partial charge in [0, 0.05) is 26.2 Å². The lowest BCUT2D eigenvalue weighted by Crippen LogP contribution is -2.53. The highest BCUT2D eigenvalue weighted by Crippen LogP contribution is 2.21. The summed E-state index contributed by atoms with van der Waals surface area (Å²) in [7, 11) is 0. The van der Waals surface area contributed by atoms with Gasteiger partial charge in [0.05, 0.1) is 19.3 Å². The zero-order valence-electron chi connectivity index (χ0n) is 17.3. The molecule has 0 radical (unpaired) electrons. The Morgan fingerprint density at radius 2 is 1.93 bits per heavy atom. The molecule has 0 aliphatic carbocycles. The Morgan fingerprint density at radius 3 is 2.61 bits per heavy atom. The predicted molar refractivity (Wildman–Crippen MR) is 123 cm³/mol. The molecule has 6 nitrogen and oxygen atoms in total. The van der Waals surface area contributed by atoms with Crippen molar-refractivity contribution in [3.63, 3.8) is 0 Å². The summed E-state index contributed by atoms with van der Waals surface area (Å²) in [6, 6.07) is 6.28. The largest absolute Gasteiger partial charge is 0.492 e. The van der Waals surface area contributed by atoms with Gasteiger partial charge in [-0.3, -0.25) is 0 Å². The van der Waals surface area contributed by atoms with Gasteiger partial charge in [0.1, 0.15) is 18.5 Å². The van der Waals surface area contributed by atoms with Crippen molar-refractivity contribution in [2.45, 2.75) is 45.8 Å². The first kappa shape index (κ1) is 23.2. The van der Waals surface area contributed by atoms with E-state index in [0.29, 0.717) is 19.8 Å². The van der Waals surface area contributed by atoms with Gasteiger partial charge in [-0.1, -0.05) is 6.07 Å². The summed E-state index contributed by atoms with van der Waals surface area (Å²) in [6.45, 7) is 11.6. The number of guanidine groups is 1. The minimum atomic E-state index is 0. The fraction of sp³-hybridized carbons (Fsp3) is 0.667. The lowest BCUT2D eigenvalue weighted by molar-refractivity contribution is -0.0817. The number of nitrogens with one attached hydrogen (secondary N) is 1. The number of hydrogen-bond donors (Lipinski definition) is 1. The third kappa shape index (κ3) is 6.77. The number of rotatable bonds is 6. The van der Waals surface area contributed by atoms with E-state index in [-0.39, 0.29) is 36.2 Å². The van der Waals surface area contributed by atoms with Crippen molar-refractivity contribution in [1.29, 1.82) is 0 Å². The maximum absolute atomic E-state index is 5.95. The molecule has 2 fully saturated rings. The van der Waals surface area contributed by atoms with Crippen LogP contribution in [0.2, 0.25) is 0 Å². The summed E-state index contributed by atoms with van der Waals surface area (Å²) in [5, 5.41) is 3.40. The normalized spacial score (nSPS) is 22.7. The summed E-state index contributed by atoms with van der Waals surface area (Å²) in [6.07, 6.45) is 2.59.